The summed E-state index contributed by atoms with van der Waals surface area (Å²) in [5.74, 6) is 2.01. The number of morpholine rings is 1. The Kier molecular flexibility index (Phi) is 8.91. The molecule has 1 unspecified atom stereocenters. The van der Waals surface area contributed by atoms with Crippen LogP contribution in [0.2, 0.25) is 0 Å². The molecule has 1 N–H and O–H groups in total. The minimum Gasteiger partial charge on any atom is -0.457 e. The molecule has 0 bridgehead atoms. The van der Waals surface area contributed by atoms with Crippen LogP contribution in [-0.4, -0.2) is 68.2 Å². The predicted molar refractivity (Wildman–Crippen MR) is 131 cm³/mol. The summed E-state index contributed by atoms with van der Waals surface area (Å²) in [4.78, 5) is 9.36. The molecule has 2 heterocycles. The number of nitrogens with zero attached hydrogens (tertiary/aromatic N) is 3. The van der Waals surface area contributed by atoms with Crippen molar-refractivity contribution in [2.75, 3.05) is 46.4 Å². The fourth-order valence-electron chi connectivity index (χ4n) is 4.00. The lowest BCUT2D eigenvalue weighted by atomic mass is 10.2. The monoisotopic (exact) mass is 540 g/mol. The molecule has 8 heteroatoms. The van der Waals surface area contributed by atoms with E-state index in [1.165, 1.54) is 12.1 Å². The second-order valence-corrected chi connectivity index (χ2v) is 7.64. The molecule has 0 spiro atoms. The highest BCUT2D eigenvalue weighted by Gasteiger charge is 2.30. The Labute approximate surface area is 200 Å². The van der Waals surface area contributed by atoms with Crippen LogP contribution in [0.25, 0.3) is 0 Å². The van der Waals surface area contributed by atoms with E-state index in [0.717, 1.165) is 63.1 Å². The van der Waals surface area contributed by atoms with Gasteiger partial charge in [0.1, 0.15) is 17.3 Å². The average Bonchev–Trinajstić information content (AvgIpc) is 3.28. The highest BCUT2D eigenvalue weighted by Crippen LogP contribution is 2.22. The van der Waals surface area contributed by atoms with E-state index >= 15 is 0 Å². The van der Waals surface area contributed by atoms with E-state index in [2.05, 4.69) is 20.1 Å². The van der Waals surface area contributed by atoms with Gasteiger partial charge in [-0.1, -0.05) is 12.1 Å². The summed E-state index contributed by atoms with van der Waals surface area (Å²) >= 11 is 0. The Morgan fingerprint density at radius 3 is 2.35 bits per heavy atom. The van der Waals surface area contributed by atoms with Crippen molar-refractivity contribution in [1.29, 1.82) is 0 Å². The highest BCUT2D eigenvalue weighted by molar-refractivity contribution is 14.0. The Balaban J connectivity index is 0.00000272. The fourth-order valence-corrected chi connectivity index (χ4v) is 4.00. The summed E-state index contributed by atoms with van der Waals surface area (Å²) in [5.41, 5.74) is 1.14. The maximum Gasteiger partial charge on any atom is 0.193 e. The first kappa shape index (κ1) is 23.7. The maximum atomic E-state index is 13.0. The van der Waals surface area contributed by atoms with E-state index in [-0.39, 0.29) is 29.8 Å². The molecule has 0 saturated carbocycles. The standard InChI is InChI=1S/C23H29FN4O2.HI/c1-25-23(28-11-10-20(17-28)27-12-14-29-15-13-27)26-16-18-2-6-21(7-3-18)30-22-8-4-19(24)5-9-22;/h2-9,20H,10-17H2,1H3,(H,25,26);1H. The average molecular weight is 540 g/mol. The zero-order chi connectivity index (χ0) is 20.8. The van der Waals surface area contributed by atoms with Gasteiger partial charge >= 0.3 is 0 Å². The topological polar surface area (TPSA) is 49.3 Å². The number of ether oxygens (including phenoxy) is 2. The Morgan fingerprint density at radius 1 is 1.06 bits per heavy atom. The Morgan fingerprint density at radius 2 is 1.71 bits per heavy atom. The molecule has 168 valence electrons. The summed E-state index contributed by atoms with van der Waals surface area (Å²) < 4.78 is 24.2. The van der Waals surface area contributed by atoms with Crippen molar-refractivity contribution in [2.45, 2.75) is 19.0 Å². The first-order chi connectivity index (χ1) is 14.7. The van der Waals surface area contributed by atoms with Crippen LogP contribution in [0, 0.1) is 5.82 Å². The van der Waals surface area contributed by atoms with Crippen LogP contribution in [0.3, 0.4) is 0 Å². The van der Waals surface area contributed by atoms with E-state index in [9.17, 15) is 4.39 Å². The molecule has 0 amide bonds. The van der Waals surface area contributed by atoms with Crippen molar-refractivity contribution in [2.24, 2.45) is 4.99 Å². The molecular formula is C23H30FIN4O2. The summed E-state index contributed by atoms with van der Waals surface area (Å²) in [6, 6.07) is 14.5. The highest BCUT2D eigenvalue weighted by atomic mass is 127. The minimum atomic E-state index is -0.272. The smallest absolute Gasteiger partial charge is 0.193 e. The summed E-state index contributed by atoms with van der Waals surface area (Å²) in [7, 11) is 1.84. The van der Waals surface area contributed by atoms with E-state index in [1.807, 2.05) is 31.3 Å². The Hall–Kier alpha value is -1.91. The number of aliphatic imine (C=N–C) groups is 1. The predicted octanol–water partition coefficient (Wildman–Crippen LogP) is 3.72. The van der Waals surface area contributed by atoms with Gasteiger partial charge in [0.25, 0.3) is 0 Å². The second kappa shape index (κ2) is 11.6. The van der Waals surface area contributed by atoms with E-state index in [1.54, 1.807) is 12.1 Å². The lowest BCUT2D eigenvalue weighted by Gasteiger charge is -2.32. The van der Waals surface area contributed by atoms with Gasteiger partial charge in [0.15, 0.2) is 5.96 Å². The van der Waals surface area contributed by atoms with Crippen LogP contribution < -0.4 is 10.1 Å². The number of rotatable bonds is 5. The molecule has 6 nitrogen and oxygen atoms in total. The van der Waals surface area contributed by atoms with Crippen LogP contribution in [0.4, 0.5) is 4.39 Å². The molecule has 2 aromatic rings. The Bertz CT molecular complexity index is 842. The lowest BCUT2D eigenvalue weighted by molar-refractivity contribution is 0.0195. The lowest BCUT2D eigenvalue weighted by Crippen LogP contribution is -2.46. The van der Waals surface area contributed by atoms with Crippen molar-refractivity contribution in [3.63, 3.8) is 0 Å². The SMILES string of the molecule is CN=C(NCc1ccc(Oc2ccc(F)cc2)cc1)N1CCC(N2CCOCC2)C1.I. The number of guanidine groups is 1. The van der Waals surface area contributed by atoms with Crippen LogP contribution in [0.15, 0.2) is 53.5 Å². The number of hydrogen-bond acceptors (Lipinski definition) is 4. The molecule has 2 aliphatic rings. The molecule has 2 fully saturated rings. The molecule has 0 aromatic heterocycles. The molecule has 0 aliphatic carbocycles. The molecule has 4 rings (SSSR count). The largest absolute Gasteiger partial charge is 0.457 e. The maximum absolute atomic E-state index is 13.0. The zero-order valence-corrected chi connectivity index (χ0v) is 20.1. The number of benzene rings is 2. The summed E-state index contributed by atoms with van der Waals surface area (Å²) in [6.45, 7) is 6.45. The molecule has 0 radical (unpaired) electrons. The first-order valence-electron chi connectivity index (χ1n) is 10.5. The van der Waals surface area contributed by atoms with Gasteiger partial charge in [-0.2, -0.15) is 0 Å². The first-order valence-corrected chi connectivity index (χ1v) is 10.5. The third kappa shape index (κ3) is 6.54. The number of halogens is 2. The number of likely N-dealkylation sites (tertiary alicyclic amines) is 1. The van der Waals surface area contributed by atoms with Crippen molar-refractivity contribution in [3.05, 3.63) is 59.9 Å². The summed E-state index contributed by atoms with van der Waals surface area (Å²) in [6.07, 6.45) is 1.16. The molecule has 2 aliphatic heterocycles. The van der Waals surface area contributed by atoms with Gasteiger partial charge in [-0.3, -0.25) is 9.89 Å². The van der Waals surface area contributed by atoms with Gasteiger partial charge in [-0.25, -0.2) is 4.39 Å². The van der Waals surface area contributed by atoms with Gasteiger partial charge in [-0.15, -0.1) is 24.0 Å². The number of hydrogen-bond donors (Lipinski definition) is 1. The molecule has 1 atom stereocenters. The van der Waals surface area contributed by atoms with Crippen molar-refractivity contribution >= 4 is 29.9 Å². The van der Waals surface area contributed by atoms with Gasteiger partial charge in [0.05, 0.1) is 13.2 Å². The van der Waals surface area contributed by atoms with Crippen molar-refractivity contribution in [1.82, 2.24) is 15.1 Å². The minimum absolute atomic E-state index is 0. The second-order valence-electron chi connectivity index (χ2n) is 7.64. The third-order valence-corrected chi connectivity index (χ3v) is 5.66. The van der Waals surface area contributed by atoms with Crippen LogP contribution in [-0.2, 0) is 11.3 Å². The third-order valence-electron chi connectivity index (χ3n) is 5.66. The fraction of sp³-hybridized carbons (Fsp3) is 0.435. The van der Waals surface area contributed by atoms with Crippen LogP contribution in [0.1, 0.15) is 12.0 Å². The van der Waals surface area contributed by atoms with Crippen molar-refractivity contribution in [3.8, 4) is 11.5 Å². The van der Waals surface area contributed by atoms with E-state index < -0.39 is 0 Å². The van der Waals surface area contributed by atoms with E-state index in [4.69, 9.17) is 9.47 Å². The zero-order valence-electron chi connectivity index (χ0n) is 17.8. The molecule has 31 heavy (non-hydrogen) atoms. The van der Waals surface area contributed by atoms with Crippen molar-refractivity contribution < 1.29 is 13.9 Å². The van der Waals surface area contributed by atoms with Crippen LogP contribution in [0.5, 0.6) is 11.5 Å². The number of nitrogens with one attached hydrogen (secondary N) is 1. The van der Waals surface area contributed by atoms with Gasteiger partial charge in [0, 0.05) is 45.8 Å². The molecule has 2 aromatic carbocycles. The van der Waals surface area contributed by atoms with Gasteiger partial charge in [0.2, 0.25) is 0 Å². The molecule has 2 saturated heterocycles. The van der Waals surface area contributed by atoms with Gasteiger partial charge < -0.3 is 19.7 Å². The quantitative estimate of drug-likeness (QED) is 0.356. The van der Waals surface area contributed by atoms with Gasteiger partial charge in [-0.05, 0) is 48.4 Å². The van der Waals surface area contributed by atoms with Crippen LogP contribution >= 0.6 is 24.0 Å². The van der Waals surface area contributed by atoms with E-state index in [0.29, 0.717) is 18.3 Å². The molecular weight excluding hydrogens is 510 g/mol. The summed E-state index contributed by atoms with van der Waals surface area (Å²) in [5, 5.41) is 3.48. The normalized spacial score (nSPS) is 19.7.